The molecule has 2 aromatic heterocycles. The molecule has 0 aliphatic heterocycles. The van der Waals surface area contributed by atoms with E-state index < -0.39 is 6.10 Å². The van der Waals surface area contributed by atoms with Gasteiger partial charge in [-0.1, -0.05) is 18.2 Å². The average molecular weight is 239 g/mol. The number of rotatable bonds is 2. The third kappa shape index (κ3) is 1.67. The Kier molecular flexibility index (Phi) is 2.57. The van der Waals surface area contributed by atoms with Crippen molar-refractivity contribution in [3.8, 4) is 0 Å². The molecule has 2 heterocycles. The van der Waals surface area contributed by atoms with Crippen LogP contribution in [-0.4, -0.2) is 19.9 Å². The SMILES string of the molecule is Cn1nccc1C(O)c1cccc2ncccc12. The first kappa shape index (κ1) is 10.9. The Labute approximate surface area is 105 Å². The Morgan fingerprint density at radius 1 is 1.11 bits per heavy atom. The van der Waals surface area contributed by atoms with Crippen LogP contribution in [0.1, 0.15) is 17.4 Å². The number of fused-ring (bicyclic) bond motifs is 1. The van der Waals surface area contributed by atoms with Crippen molar-refractivity contribution in [3.05, 3.63) is 60.0 Å². The highest BCUT2D eigenvalue weighted by Crippen LogP contribution is 2.27. The zero-order chi connectivity index (χ0) is 12.5. The Bertz CT molecular complexity index is 685. The highest BCUT2D eigenvalue weighted by molar-refractivity contribution is 5.82. The summed E-state index contributed by atoms with van der Waals surface area (Å²) in [5.74, 6) is 0. The molecular weight excluding hydrogens is 226 g/mol. The van der Waals surface area contributed by atoms with E-state index in [9.17, 15) is 5.11 Å². The lowest BCUT2D eigenvalue weighted by Gasteiger charge is -2.13. The van der Waals surface area contributed by atoms with E-state index >= 15 is 0 Å². The second-order valence-corrected chi connectivity index (χ2v) is 4.20. The van der Waals surface area contributed by atoms with Crippen LogP contribution in [0.2, 0.25) is 0 Å². The van der Waals surface area contributed by atoms with E-state index in [1.165, 1.54) is 0 Å². The van der Waals surface area contributed by atoms with Crippen LogP contribution in [0.5, 0.6) is 0 Å². The van der Waals surface area contributed by atoms with E-state index in [-0.39, 0.29) is 0 Å². The number of aliphatic hydroxyl groups excluding tert-OH is 1. The molecule has 0 aliphatic rings. The maximum Gasteiger partial charge on any atom is 0.121 e. The molecule has 90 valence electrons. The van der Waals surface area contributed by atoms with Gasteiger partial charge in [0.2, 0.25) is 0 Å². The summed E-state index contributed by atoms with van der Waals surface area (Å²) in [6, 6.07) is 11.4. The van der Waals surface area contributed by atoms with Crippen molar-refractivity contribution < 1.29 is 5.11 Å². The van der Waals surface area contributed by atoms with Crippen LogP contribution >= 0.6 is 0 Å². The van der Waals surface area contributed by atoms with E-state index in [0.717, 1.165) is 22.2 Å². The summed E-state index contributed by atoms with van der Waals surface area (Å²) in [7, 11) is 1.82. The minimum Gasteiger partial charge on any atom is -0.382 e. The molecule has 1 aromatic carbocycles. The third-order valence-electron chi connectivity index (χ3n) is 3.11. The lowest BCUT2D eigenvalue weighted by Crippen LogP contribution is -2.07. The molecule has 1 atom stereocenters. The number of hydrogen-bond donors (Lipinski definition) is 1. The highest BCUT2D eigenvalue weighted by Gasteiger charge is 2.16. The molecule has 0 bridgehead atoms. The Balaban J connectivity index is 2.18. The molecule has 3 aromatic rings. The smallest absolute Gasteiger partial charge is 0.121 e. The fraction of sp³-hybridized carbons (Fsp3) is 0.143. The van der Waals surface area contributed by atoms with Crippen molar-refractivity contribution in [2.75, 3.05) is 0 Å². The molecule has 0 aliphatic carbocycles. The average Bonchev–Trinajstić information content (AvgIpc) is 2.83. The van der Waals surface area contributed by atoms with Crippen LogP contribution in [0.3, 0.4) is 0 Å². The molecular formula is C14H13N3O. The van der Waals surface area contributed by atoms with Gasteiger partial charge in [0.15, 0.2) is 0 Å². The van der Waals surface area contributed by atoms with Crippen LogP contribution in [0.4, 0.5) is 0 Å². The number of benzene rings is 1. The van der Waals surface area contributed by atoms with Gasteiger partial charge in [0.1, 0.15) is 6.10 Å². The van der Waals surface area contributed by atoms with E-state index in [1.54, 1.807) is 17.1 Å². The van der Waals surface area contributed by atoms with E-state index in [2.05, 4.69) is 10.1 Å². The van der Waals surface area contributed by atoms with E-state index in [1.807, 2.05) is 43.4 Å². The number of hydrogen-bond acceptors (Lipinski definition) is 3. The maximum absolute atomic E-state index is 10.5. The first-order valence-electron chi connectivity index (χ1n) is 5.77. The van der Waals surface area contributed by atoms with Crippen LogP contribution in [0.15, 0.2) is 48.8 Å². The number of aliphatic hydroxyl groups is 1. The van der Waals surface area contributed by atoms with Gasteiger partial charge in [-0.05, 0) is 23.8 Å². The summed E-state index contributed by atoms with van der Waals surface area (Å²) < 4.78 is 1.68. The molecule has 0 saturated heterocycles. The predicted molar refractivity (Wildman–Crippen MR) is 69.0 cm³/mol. The van der Waals surface area contributed by atoms with Gasteiger partial charge >= 0.3 is 0 Å². The lowest BCUT2D eigenvalue weighted by atomic mass is 10.0. The minimum atomic E-state index is -0.689. The molecule has 0 saturated carbocycles. The monoisotopic (exact) mass is 239 g/mol. The zero-order valence-electron chi connectivity index (χ0n) is 9.99. The van der Waals surface area contributed by atoms with Gasteiger partial charge in [0.25, 0.3) is 0 Å². The van der Waals surface area contributed by atoms with Crippen molar-refractivity contribution in [3.63, 3.8) is 0 Å². The standard InChI is InChI=1S/C14H13N3O/c1-17-13(7-9-16-17)14(18)11-4-2-6-12-10(11)5-3-8-15-12/h2-9,14,18H,1H3. The van der Waals surface area contributed by atoms with E-state index in [4.69, 9.17) is 0 Å². The minimum absolute atomic E-state index is 0.689. The van der Waals surface area contributed by atoms with Gasteiger partial charge < -0.3 is 5.11 Å². The molecule has 18 heavy (non-hydrogen) atoms. The number of pyridine rings is 1. The van der Waals surface area contributed by atoms with Gasteiger partial charge in [-0.3, -0.25) is 9.67 Å². The summed E-state index contributed by atoms with van der Waals surface area (Å²) >= 11 is 0. The van der Waals surface area contributed by atoms with Gasteiger partial charge in [-0.2, -0.15) is 5.10 Å². The maximum atomic E-state index is 10.5. The fourth-order valence-electron chi connectivity index (χ4n) is 2.18. The largest absolute Gasteiger partial charge is 0.382 e. The number of aromatic nitrogens is 3. The van der Waals surface area contributed by atoms with Crippen molar-refractivity contribution in [1.29, 1.82) is 0 Å². The first-order valence-corrected chi connectivity index (χ1v) is 5.77. The van der Waals surface area contributed by atoms with Gasteiger partial charge in [0.05, 0.1) is 11.2 Å². The molecule has 1 N–H and O–H groups in total. The third-order valence-corrected chi connectivity index (χ3v) is 3.11. The highest BCUT2D eigenvalue weighted by atomic mass is 16.3. The van der Waals surface area contributed by atoms with Crippen LogP contribution in [-0.2, 0) is 7.05 Å². The molecule has 0 amide bonds. The summed E-state index contributed by atoms with van der Waals surface area (Å²) in [5.41, 5.74) is 2.51. The molecule has 4 nitrogen and oxygen atoms in total. The molecule has 0 spiro atoms. The van der Waals surface area contributed by atoms with Crippen LogP contribution < -0.4 is 0 Å². The number of nitrogens with zero attached hydrogens (tertiary/aromatic N) is 3. The summed E-state index contributed by atoms with van der Waals surface area (Å²) in [5, 5.41) is 15.5. The Morgan fingerprint density at radius 2 is 2.00 bits per heavy atom. The van der Waals surface area contributed by atoms with Crippen molar-refractivity contribution in [1.82, 2.24) is 14.8 Å². The molecule has 3 rings (SSSR count). The summed E-state index contributed by atoms with van der Waals surface area (Å²) in [6.07, 6.45) is 2.75. The second-order valence-electron chi connectivity index (χ2n) is 4.20. The quantitative estimate of drug-likeness (QED) is 0.744. The second kappa shape index (κ2) is 4.23. The van der Waals surface area contributed by atoms with Crippen molar-refractivity contribution in [2.24, 2.45) is 7.05 Å². The zero-order valence-corrected chi connectivity index (χ0v) is 9.99. The molecule has 0 fully saturated rings. The van der Waals surface area contributed by atoms with Crippen LogP contribution in [0.25, 0.3) is 10.9 Å². The Hall–Kier alpha value is -2.20. The summed E-state index contributed by atoms with van der Waals surface area (Å²) in [4.78, 5) is 4.29. The van der Waals surface area contributed by atoms with Crippen molar-refractivity contribution in [2.45, 2.75) is 6.10 Å². The topological polar surface area (TPSA) is 50.9 Å². The fourth-order valence-corrected chi connectivity index (χ4v) is 2.18. The van der Waals surface area contributed by atoms with Crippen molar-refractivity contribution >= 4 is 10.9 Å². The first-order chi connectivity index (χ1) is 8.77. The lowest BCUT2D eigenvalue weighted by molar-refractivity contribution is 0.211. The predicted octanol–water partition coefficient (Wildman–Crippen LogP) is 2.05. The number of aryl methyl sites for hydroxylation is 1. The van der Waals surface area contributed by atoms with Gasteiger partial charge in [-0.25, -0.2) is 0 Å². The Morgan fingerprint density at radius 3 is 2.78 bits per heavy atom. The molecule has 1 unspecified atom stereocenters. The normalized spacial score (nSPS) is 12.8. The van der Waals surface area contributed by atoms with Gasteiger partial charge in [0, 0.05) is 24.8 Å². The van der Waals surface area contributed by atoms with Crippen LogP contribution in [0, 0.1) is 0 Å². The summed E-state index contributed by atoms with van der Waals surface area (Å²) in [6.45, 7) is 0. The van der Waals surface area contributed by atoms with E-state index in [0.29, 0.717) is 0 Å². The van der Waals surface area contributed by atoms with Gasteiger partial charge in [-0.15, -0.1) is 0 Å². The molecule has 4 heteroatoms. The molecule has 0 radical (unpaired) electrons.